The van der Waals surface area contributed by atoms with Crippen LogP contribution in [0.1, 0.15) is 18.4 Å². The summed E-state index contributed by atoms with van der Waals surface area (Å²) < 4.78 is 5.42. The maximum absolute atomic E-state index is 6.13. The number of anilines is 1. The number of ether oxygens (including phenoxy) is 1. The lowest BCUT2D eigenvalue weighted by molar-refractivity contribution is 0.414. The van der Waals surface area contributed by atoms with Crippen LogP contribution in [0.3, 0.4) is 0 Å². The van der Waals surface area contributed by atoms with E-state index in [0.29, 0.717) is 6.04 Å². The fourth-order valence-corrected chi connectivity index (χ4v) is 2.91. The van der Waals surface area contributed by atoms with Crippen molar-refractivity contribution in [3.8, 4) is 5.75 Å². The highest BCUT2D eigenvalue weighted by molar-refractivity contribution is 5.69. The molecule has 0 aliphatic carbocycles. The van der Waals surface area contributed by atoms with Crippen LogP contribution in [0, 0.1) is 0 Å². The van der Waals surface area contributed by atoms with E-state index in [2.05, 4.69) is 17.0 Å². The number of fused-ring (bicyclic) bond motifs is 3. The van der Waals surface area contributed by atoms with Crippen LogP contribution < -0.4 is 15.4 Å². The van der Waals surface area contributed by atoms with Crippen LogP contribution in [-0.4, -0.2) is 19.3 Å². The molecule has 0 saturated carbocycles. The Hall–Kier alpha value is -1.22. The van der Waals surface area contributed by atoms with Gasteiger partial charge in [-0.1, -0.05) is 12.1 Å². The molecule has 2 aliphatic rings. The second-order valence-corrected chi connectivity index (χ2v) is 4.38. The summed E-state index contributed by atoms with van der Waals surface area (Å²) in [5, 5.41) is 0. The van der Waals surface area contributed by atoms with Crippen molar-refractivity contribution in [3.63, 3.8) is 0 Å². The molecular weight excluding hydrogens is 188 g/mol. The van der Waals surface area contributed by atoms with Gasteiger partial charge in [-0.3, -0.25) is 0 Å². The first-order valence-corrected chi connectivity index (χ1v) is 5.51. The van der Waals surface area contributed by atoms with Crippen LogP contribution in [-0.2, 0) is 6.42 Å². The van der Waals surface area contributed by atoms with Gasteiger partial charge in [0.15, 0.2) is 0 Å². The summed E-state index contributed by atoms with van der Waals surface area (Å²) in [6.07, 6.45) is 3.61. The zero-order chi connectivity index (χ0) is 10.4. The average Bonchev–Trinajstić information content (AvgIpc) is 2.78. The minimum atomic E-state index is 0.174. The third kappa shape index (κ3) is 1.16. The van der Waals surface area contributed by atoms with Gasteiger partial charge in [0.25, 0.3) is 0 Å². The zero-order valence-corrected chi connectivity index (χ0v) is 8.94. The third-order valence-electron chi connectivity index (χ3n) is 3.56. The van der Waals surface area contributed by atoms with Gasteiger partial charge in [-0.2, -0.15) is 0 Å². The van der Waals surface area contributed by atoms with Gasteiger partial charge in [0.05, 0.1) is 19.0 Å². The lowest BCUT2D eigenvalue weighted by atomic mass is 10.1. The zero-order valence-electron chi connectivity index (χ0n) is 8.94. The quantitative estimate of drug-likeness (QED) is 0.753. The molecule has 2 heterocycles. The molecule has 1 fully saturated rings. The molecule has 3 heteroatoms. The summed E-state index contributed by atoms with van der Waals surface area (Å²) in [6, 6.07) is 6.87. The lowest BCUT2D eigenvalue weighted by Crippen LogP contribution is -2.39. The Bertz CT molecular complexity index is 391. The molecule has 1 aromatic rings. The van der Waals surface area contributed by atoms with Crippen LogP contribution in [0.5, 0.6) is 5.75 Å². The van der Waals surface area contributed by atoms with Crippen molar-refractivity contribution in [1.29, 1.82) is 0 Å². The molecule has 2 unspecified atom stereocenters. The van der Waals surface area contributed by atoms with E-state index in [1.807, 2.05) is 6.07 Å². The van der Waals surface area contributed by atoms with Crippen molar-refractivity contribution < 1.29 is 4.74 Å². The minimum Gasteiger partial charge on any atom is -0.495 e. The predicted molar refractivity (Wildman–Crippen MR) is 60.2 cm³/mol. The fraction of sp³-hybridized carbons (Fsp3) is 0.500. The van der Waals surface area contributed by atoms with Gasteiger partial charge < -0.3 is 15.4 Å². The third-order valence-corrected chi connectivity index (χ3v) is 3.56. The summed E-state index contributed by atoms with van der Waals surface area (Å²) in [5.74, 6) is 0.965. The number of nitrogens with zero attached hydrogens (tertiary/aromatic N) is 1. The molecule has 2 N–H and O–H groups in total. The number of methoxy groups -OCH3 is 1. The maximum atomic E-state index is 6.13. The largest absolute Gasteiger partial charge is 0.495 e. The van der Waals surface area contributed by atoms with Crippen molar-refractivity contribution in [2.45, 2.75) is 31.5 Å². The Balaban J connectivity index is 2.11. The molecule has 1 aromatic carbocycles. The second-order valence-electron chi connectivity index (χ2n) is 4.38. The molecular formula is C12H16N2O. The van der Waals surface area contributed by atoms with Gasteiger partial charge in [0, 0.05) is 6.04 Å². The van der Waals surface area contributed by atoms with Crippen LogP contribution in [0.4, 0.5) is 5.69 Å². The molecule has 80 valence electrons. The molecule has 0 bridgehead atoms. The van der Waals surface area contributed by atoms with Gasteiger partial charge in [-0.25, -0.2) is 0 Å². The standard InChI is InChI=1S/C12H16N2O/c1-15-10-4-2-3-8-7-9-5-6-11(13)14(9)12(8)10/h2-4,9,11H,5-7,13H2,1H3. The van der Waals surface area contributed by atoms with Crippen LogP contribution in [0.2, 0.25) is 0 Å². The summed E-state index contributed by atoms with van der Waals surface area (Å²) in [7, 11) is 1.73. The first kappa shape index (κ1) is 9.04. The molecule has 0 amide bonds. The van der Waals surface area contributed by atoms with E-state index in [1.165, 1.54) is 17.7 Å². The van der Waals surface area contributed by atoms with E-state index in [4.69, 9.17) is 10.5 Å². The fourth-order valence-electron chi connectivity index (χ4n) is 2.91. The van der Waals surface area contributed by atoms with Gasteiger partial charge in [-0.05, 0) is 30.9 Å². The van der Waals surface area contributed by atoms with Gasteiger partial charge in [0.2, 0.25) is 0 Å². The highest BCUT2D eigenvalue weighted by Gasteiger charge is 2.39. The Morgan fingerprint density at radius 1 is 1.40 bits per heavy atom. The Morgan fingerprint density at radius 3 is 3.07 bits per heavy atom. The van der Waals surface area contributed by atoms with Crippen LogP contribution in [0.15, 0.2) is 18.2 Å². The minimum absolute atomic E-state index is 0.174. The van der Waals surface area contributed by atoms with Gasteiger partial charge >= 0.3 is 0 Å². The number of hydrogen-bond donors (Lipinski definition) is 1. The molecule has 2 aliphatic heterocycles. The molecule has 3 nitrogen and oxygen atoms in total. The Kier molecular flexibility index (Phi) is 1.89. The van der Waals surface area contributed by atoms with Crippen LogP contribution in [0.25, 0.3) is 0 Å². The first-order chi connectivity index (χ1) is 7.31. The number of nitrogens with two attached hydrogens (primary N) is 1. The smallest absolute Gasteiger partial charge is 0.142 e. The van der Waals surface area contributed by atoms with Crippen LogP contribution >= 0.6 is 0 Å². The van der Waals surface area contributed by atoms with Crippen molar-refractivity contribution in [2.75, 3.05) is 12.0 Å². The van der Waals surface area contributed by atoms with Crippen molar-refractivity contribution >= 4 is 5.69 Å². The number of para-hydroxylation sites is 1. The van der Waals surface area contributed by atoms with E-state index < -0.39 is 0 Å². The monoisotopic (exact) mass is 204 g/mol. The molecule has 0 radical (unpaired) electrons. The number of benzene rings is 1. The summed E-state index contributed by atoms with van der Waals surface area (Å²) in [5.41, 5.74) is 8.74. The van der Waals surface area contributed by atoms with Crippen molar-refractivity contribution in [1.82, 2.24) is 0 Å². The first-order valence-electron chi connectivity index (χ1n) is 5.51. The second kappa shape index (κ2) is 3.14. The van der Waals surface area contributed by atoms with E-state index in [0.717, 1.165) is 18.6 Å². The SMILES string of the molecule is COc1cccc2c1N1C(N)CCC1C2. The lowest BCUT2D eigenvalue weighted by Gasteiger charge is -2.25. The molecule has 1 saturated heterocycles. The topological polar surface area (TPSA) is 38.5 Å². The van der Waals surface area contributed by atoms with Crippen molar-refractivity contribution in [2.24, 2.45) is 5.73 Å². The molecule has 0 aromatic heterocycles. The normalized spacial score (nSPS) is 27.7. The number of hydrogen-bond acceptors (Lipinski definition) is 3. The Labute approximate surface area is 89.8 Å². The van der Waals surface area contributed by atoms with Gasteiger partial charge in [-0.15, -0.1) is 0 Å². The summed E-state index contributed by atoms with van der Waals surface area (Å²) >= 11 is 0. The van der Waals surface area contributed by atoms with E-state index in [-0.39, 0.29) is 6.17 Å². The molecule has 3 rings (SSSR count). The average molecular weight is 204 g/mol. The van der Waals surface area contributed by atoms with E-state index >= 15 is 0 Å². The summed E-state index contributed by atoms with van der Waals surface area (Å²) in [4.78, 5) is 2.34. The molecule has 15 heavy (non-hydrogen) atoms. The molecule has 0 spiro atoms. The number of rotatable bonds is 1. The maximum Gasteiger partial charge on any atom is 0.142 e. The molecule has 2 atom stereocenters. The van der Waals surface area contributed by atoms with E-state index in [1.54, 1.807) is 7.11 Å². The van der Waals surface area contributed by atoms with Crippen molar-refractivity contribution in [3.05, 3.63) is 23.8 Å². The predicted octanol–water partition coefficient (Wildman–Crippen LogP) is 1.50. The highest BCUT2D eigenvalue weighted by atomic mass is 16.5. The van der Waals surface area contributed by atoms with Gasteiger partial charge in [0.1, 0.15) is 5.75 Å². The highest BCUT2D eigenvalue weighted by Crippen LogP contribution is 2.44. The summed E-state index contributed by atoms with van der Waals surface area (Å²) in [6.45, 7) is 0. The Morgan fingerprint density at radius 2 is 2.27 bits per heavy atom. The van der Waals surface area contributed by atoms with E-state index in [9.17, 15) is 0 Å².